The van der Waals surface area contributed by atoms with Crippen molar-refractivity contribution in [3.63, 3.8) is 0 Å². The zero-order chi connectivity index (χ0) is 25.2. The zero-order valence-electron chi connectivity index (χ0n) is 20.7. The molecule has 1 heterocycles. The smallest absolute Gasteiger partial charge is 0.119 e. The topological polar surface area (TPSA) is 46.2 Å². The number of aromatic nitrogens is 1. The normalized spacial score (nSPS) is 11.5. The second kappa shape index (κ2) is 10.3. The Morgan fingerprint density at radius 3 is 2.24 bits per heavy atom. The second-order valence-electron chi connectivity index (χ2n) is 9.29. The Kier molecular flexibility index (Phi) is 6.52. The van der Waals surface area contributed by atoms with Crippen molar-refractivity contribution in [3.05, 3.63) is 102 Å². The fourth-order valence-corrected chi connectivity index (χ4v) is 5.32. The van der Waals surface area contributed by atoms with Crippen LogP contribution in [-0.4, -0.2) is 25.2 Å². The molecule has 0 amide bonds. The Bertz CT molecular complexity index is 1690. The van der Waals surface area contributed by atoms with Gasteiger partial charge in [-0.25, -0.2) is 4.98 Å². The average Bonchev–Trinajstić information content (AvgIpc) is 2.93. The van der Waals surface area contributed by atoms with E-state index in [2.05, 4.69) is 65.2 Å². The van der Waals surface area contributed by atoms with Gasteiger partial charge >= 0.3 is 0 Å². The van der Waals surface area contributed by atoms with E-state index in [1.54, 1.807) is 7.11 Å². The summed E-state index contributed by atoms with van der Waals surface area (Å²) in [6.45, 7) is 2.57. The molecule has 5 aromatic carbocycles. The number of fused-ring (bicyclic) bond motifs is 4. The second-order valence-corrected chi connectivity index (χ2v) is 9.72. The van der Waals surface area contributed by atoms with Gasteiger partial charge in [-0.15, -0.1) is 0 Å². The Balaban J connectivity index is 1.19. The van der Waals surface area contributed by atoms with E-state index in [9.17, 15) is 0 Å². The largest absolute Gasteiger partial charge is 0.497 e. The molecule has 0 radical (unpaired) electrons. The number of halogens is 1. The van der Waals surface area contributed by atoms with Gasteiger partial charge in [0, 0.05) is 28.9 Å². The summed E-state index contributed by atoms with van der Waals surface area (Å²) < 4.78 is 5.48. The molecule has 4 nitrogen and oxygen atoms in total. The molecule has 0 fully saturated rings. The van der Waals surface area contributed by atoms with Crippen LogP contribution in [0.15, 0.2) is 91.0 Å². The molecule has 0 atom stereocenters. The monoisotopic (exact) mass is 505 g/mol. The number of anilines is 1. The van der Waals surface area contributed by atoms with Crippen LogP contribution in [0.2, 0.25) is 5.02 Å². The summed E-state index contributed by atoms with van der Waals surface area (Å²) in [7, 11) is 1.69. The van der Waals surface area contributed by atoms with E-state index in [-0.39, 0.29) is 0 Å². The van der Waals surface area contributed by atoms with Crippen LogP contribution in [0.5, 0.6) is 5.75 Å². The fraction of sp³-hybridized carbons (Fsp3) is 0.156. The Labute approximate surface area is 221 Å². The Morgan fingerprint density at radius 1 is 0.730 bits per heavy atom. The van der Waals surface area contributed by atoms with Crippen LogP contribution in [0.3, 0.4) is 0 Å². The average molecular weight is 506 g/mol. The minimum atomic E-state index is 0.684. The van der Waals surface area contributed by atoms with E-state index in [1.165, 1.54) is 27.1 Å². The van der Waals surface area contributed by atoms with Crippen molar-refractivity contribution in [1.82, 2.24) is 10.3 Å². The van der Waals surface area contributed by atoms with Crippen molar-refractivity contribution in [1.29, 1.82) is 0 Å². The van der Waals surface area contributed by atoms with Gasteiger partial charge in [-0.05, 0) is 82.5 Å². The molecule has 0 aliphatic rings. The first-order chi connectivity index (χ1) is 18.2. The molecule has 0 bridgehead atoms. The van der Waals surface area contributed by atoms with Crippen LogP contribution < -0.4 is 15.4 Å². The quantitative estimate of drug-likeness (QED) is 0.163. The van der Waals surface area contributed by atoms with E-state index in [0.29, 0.717) is 5.02 Å². The van der Waals surface area contributed by atoms with Crippen LogP contribution in [0.25, 0.3) is 43.4 Å². The first kappa shape index (κ1) is 23.5. The molecule has 2 N–H and O–H groups in total. The van der Waals surface area contributed by atoms with Crippen molar-refractivity contribution in [2.75, 3.05) is 25.5 Å². The number of methoxy groups -OCH3 is 1. The molecule has 0 unspecified atom stereocenters. The standard InChI is InChI=1S/C32H28ClN3O/c1-37-24-12-14-30-28(19-24)32(27-13-11-23(33)18-31(27)36-30)35-16-6-15-34-20-29-25-9-4-2-7-21(25)17-22-8-3-5-10-26(22)29/h2-5,7-14,17-19,34H,6,15-16,20H2,1H3,(H,35,36). The fourth-order valence-electron chi connectivity index (χ4n) is 5.15. The highest BCUT2D eigenvalue weighted by Crippen LogP contribution is 2.34. The van der Waals surface area contributed by atoms with Crippen molar-refractivity contribution in [2.45, 2.75) is 13.0 Å². The highest BCUT2D eigenvalue weighted by atomic mass is 35.5. The molecule has 0 aliphatic heterocycles. The molecule has 0 saturated heterocycles. The summed E-state index contributed by atoms with van der Waals surface area (Å²) in [5.74, 6) is 0.814. The van der Waals surface area contributed by atoms with Gasteiger partial charge in [0.2, 0.25) is 0 Å². The molecule has 184 valence electrons. The summed E-state index contributed by atoms with van der Waals surface area (Å²) in [5, 5.41) is 15.3. The van der Waals surface area contributed by atoms with Crippen LogP contribution in [-0.2, 0) is 6.54 Å². The number of pyridine rings is 1. The third-order valence-electron chi connectivity index (χ3n) is 6.96. The van der Waals surface area contributed by atoms with E-state index in [4.69, 9.17) is 21.3 Å². The van der Waals surface area contributed by atoms with Crippen LogP contribution in [0.4, 0.5) is 5.69 Å². The van der Waals surface area contributed by atoms with Crippen molar-refractivity contribution < 1.29 is 4.74 Å². The number of nitrogens with zero attached hydrogens (tertiary/aromatic N) is 1. The maximum absolute atomic E-state index is 6.27. The van der Waals surface area contributed by atoms with Gasteiger partial charge in [-0.1, -0.05) is 60.1 Å². The first-order valence-electron chi connectivity index (χ1n) is 12.6. The van der Waals surface area contributed by atoms with E-state index < -0.39 is 0 Å². The summed E-state index contributed by atoms with van der Waals surface area (Å²) in [4.78, 5) is 4.82. The predicted octanol–water partition coefficient (Wildman–Crippen LogP) is 7.95. The van der Waals surface area contributed by atoms with Gasteiger partial charge in [0.15, 0.2) is 0 Å². The van der Waals surface area contributed by atoms with E-state index in [1.807, 2.05) is 36.4 Å². The van der Waals surface area contributed by atoms with Gasteiger partial charge in [0.05, 0.1) is 23.8 Å². The molecule has 0 spiro atoms. The molecule has 6 rings (SSSR count). The van der Waals surface area contributed by atoms with Crippen molar-refractivity contribution >= 4 is 60.6 Å². The minimum absolute atomic E-state index is 0.684. The summed E-state index contributed by atoms with van der Waals surface area (Å²) in [6.07, 6.45) is 0.978. The van der Waals surface area contributed by atoms with Crippen LogP contribution in [0.1, 0.15) is 12.0 Å². The minimum Gasteiger partial charge on any atom is -0.497 e. The first-order valence-corrected chi connectivity index (χ1v) is 13.0. The number of nitrogens with one attached hydrogen (secondary N) is 2. The number of rotatable bonds is 8. The van der Waals surface area contributed by atoms with Gasteiger partial charge in [0.25, 0.3) is 0 Å². The molecule has 0 saturated carbocycles. The number of ether oxygens (including phenoxy) is 1. The summed E-state index contributed by atoms with van der Waals surface area (Å²) >= 11 is 6.27. The predicted molar refractivity (Wildman–Crippen MR) is 157 cm³/mol. The molecule has 5 heteroatoms. The van der Waals surface area contributed by atoms with E-state index in [0.717, 1.165) is 59.3 Å². The Morgan fingerprint density at radius 2 is 1.49 bits per heavy atom. The SMILES string of the molecule is COc1ccc2nc3cc(Cl)ccc3c(NCCCNCc3c4ccccc4cc4ccccc34)c2c1. The third kappa shape index (κ3) is 4.66. The maximum Gasteiger partial charge on any atom is 0.119 e. The molecule has 37 heavy (non-hydrogen) atoms. The lowest BCUT2D eigenvalue weighted by Gasteiger charge is -2.15. The van der Waals surface area contributed by atoms with Crippen molar-refractivity contribution in [3.8, 4) is 5.75 Å². The number of hydrogen-bond donors (Lipinski definition) is 2. The molecule has 0 aliphatic carbocycles. The van der Waals surface area contributed by atoms with Crippen LogP contribution in [0, 0.1) is 0 Å². The van der Waals surface area contributed by atoms with Gasteiger partial charge in [-0.2, -0.15) is 0 Å². The zero-order valence-corrected chi connectivity index (χ0v) is 21.5. The molecule has 6 aromatic rings. The number of benzene rings is 5. The van der Waals surface area contributed by atoms with Gasteiger partial charge in [-0.3, -0.25) is 0 Å². The van der Waals surface area contributed by atoms with E-state index >= 15 is 0 Å². The Hall–Kier alpha value is -3.86. The molecular weight excluding hydrogens is 478 g/mol. The lowest BCUT2D eigenvalue weighted by molar-refractivity contribution is 0.415. The van der Waals surface area contributed by atoms with Gasteiger partial charge in [0.1, 0.15) is 5.75 Å². The summed E-state index contributed by atoms with van der Waals surface area (Å²) in [6, 6.07) is 31.4. The highest BCUT2D eigenvalue weighted by molar-refractivity contribution is 6.31. The highest BCUT2D eigenvalue weighted by Gasteiger charge is 2.11. The molecule has 1 aromatic heterocycles. The maximum atomic E-state index is 6.27. The van der Waals surface area contributed by atoms with Crippen molar-refractivity contribution in [2.24, 2.45) is 0 Å². The lowest BCUT2D eigenvalue weighted by atomic mass is 9.97. The third-order valence-corrected chi connectivity index (χ3v) is 7.19. The van der Waals surface area contributed by atoms with Gasteiger partial charge < -0.3 is 15.4 Å². The lowest BCUT2D eigenvalue weighted by Crippen LogP contribution is -2.18. The summed E-state index contributed by atoms with van der Waals surface area (Å²) in [5.41, 5.74) is 4.22. The van der Waals surface area contributed by atoms with Crippen LogP contribution >= 0.6 is 11.6 Å². The molecular formula is C32H28ClN3O. The number of hydrogen-bond acceptors (Lipinski definition) is 4.